The zero-order chi connectivity index (χ0) is 14.2. The molecule has 0 heterocycles. The van der Waals surface area contributed by atoms with Crippen molar-refractivity contribution in [1.82, 2.24) is 5.32 Å². The van der Waals surface area contributed by atoms with Gasteiger partial charge in [-0.2, -0.15) is 0 Å². The van der Waals surface area contributed by atoms with E-state index in [0.717, 1.165) is 25.8 Å². The van der Waals surface area contributed by atoms with Crippen LogP contribution in [0.3, 0.4) is 0 Å². The Morgan fingerprint density at radius 3 is 1.95 bits per heavy atom. The maximum absolute atomic E-state index is 9.75. The van der Waals surface area contributed by atoms with Gasteiger partial charge >= 0.3 is 0 Å². The van der Waals surface area contributed by atoms with E-state index in [2.05, 4.69) is 12.2 Å². The largest absolute Gasteiger partial charge is 0.395 e. The van der Waals surface area contributed by atoms with Gasteiger partial charge in [-0.1, -0.05) is 64.7 Å². The molecule has 0 bridgehead atoms. The van der Waals surface area contributed by atoms with Crippen molar-refractivity contribution in [1.29, 1.82) is 0 Å². The van der Waals surface area contributed by atoms with E-state index in [-0.39, 0.29) is 12.7 Å². The molecule has 3 N–H and O–H groups in total. The first kappa shape index (κ1) is 18.9. The average molecular weight is 273 g/mol. The number of aliphatic hydroxyl groups is 2. The maximum Gasteiger partial charge on any atom is 0.0555 e. The molecule has 0 fully saturated rings. The quantitative estimate of drug-likeness (QED) is 0.401. The minimum atomic E-state index is -0.171. The van der Waals surface area contributed by atoms with E-state index < -0.39 is 0 Å². The molecule has 0 spiro atoms. The van der Waals surface area contributed by atoms with Crippen LogP contribution in [0.25, 0.3) is 0 Å². The summed E-state index contributed by atoms with van der Waals surface area (Å²) in [7, 11) is 0. The topological polar surface area (TPSA) is 52.5 Å². The molecule has 0 radical (unpaired) electrons. The van der Waals surface area contributed by atoms with Gasteiger partial charge in [-0.25, -0.2) is 0 Å². The van der Waals surface area contributed by atoms with Crippen LogP contribution in [0.15, 0.2) is 0 Å². The van der Waals surface area contributed by atoms with Crippen molar-refractivity contribution in [2.45, 2.75) is 83.7 Å². The van der Waals surface area contributed by atoms with Crippen molar-refractivity contribution < 1.29 is 10.2 Å². The van der Waals surface area contributed by atoms with Gasteiger partial charge in [0, 0.05) is 6.54 Å². The molecule has 0 aliphatic carbocycles. The third-order valence-electron chi connectivity index (χ3n) is 3.58. The van der Waals surface area contributed by atoms with E-state index in [0.29, 0.717) is 6.54 Å². The van der Waals surface area contributed by atoms with E-state index in [1.54, 1.807) is 0 Å². The summed E-state index contributed by atoms with van der Waals surface area (Å²) < 4.78 is 0. The summed E-state index contributed by atoms with van der Waals surface area (Å²) in [6.07, 6.45) is 13.5. The second-order valence-electron chi connectivity index (χ2n) is 5.53. The lowest BCUT2D eigenvalue weighted by Gasteiger charge is -2.10. The maximum atomic E-state index is 9.75. The highest BCUT2D eigenvalue weighted by Gasteiger charge is 2.03. The Labute approximate surface area is 119 Å². The van der Waals surface area contributed by atoms with Crippen LogP contribution in [0.1, 0.15) is 77.6 Å². The van der Waals surface area contributed by atoms with Gasteiger partial charge in [-0.15, -0.1) is 0 Å². The minimum absolute atomic E-state index is 0.171. The molecule has 0 rings (SSSR count). The molecule has 3 nitrogen and oxygen atoms in total. The van der Waals surface area contributed by atoms with Crippen molar-refractivity contribution in [3.05, 3.63) is 0 Å². The van der Waals surface area contributed by atoms with Gasteiger partial charge < -0.3 is 15.5 Å². The summed E-state index contributed by atoms with van der Waals surface area (Å²) in [6.45, 7) is 3.86. The SMILES string of the molecule is CCCCCCCCCCCC(O)CCNCCO. The van der Waals surface area contributed by atoms with Gasteiger partial charge in [-0.3, -0.25) is 0 Å². The Balaban J connectivity index is 3.07. The molecule has 0 aromatic rings. The first-order valence-corrected chi connectivity index (χ1v) is 8.31. The molecule has 1 atom stereocenters. The molecule has 19 heavy (non-hydrogen) atoms. The lowest BCUT2D eigenvalue weighted by atomic mass is 10.0. The second kappa shape index (κ2) is 15.9. The van der Waals surface area contributed by atoms with Gasteiger partial charge in [0.2, 0.25) is 0 Å². The van der Waals surface area contributed by atoms with Crippen molar-refractivity contribution in [3.63, 3.8) is 0 Å². The summed E-state index contributed by atoms with van der Waals surface area (Å²) in [5.41, 5.74) is 0. The van der Waals surface area contributed by atoms with Crippen LogP contribution in [0.4, 0.5) is 0 Å². The van der Waals surface area contributed by atoms with Crippen LogP contribution >= 0.6 is 0 Å². The van der Waals surface area contributed by atoms with E-state index in [1.807, 2.05) is 0 Å². The minimum Gasteiger partial charge on any atom is -0.395 e. The molecule has 0 aromatic carbocycles. The number of rotatable bonds is 15. The molecule has 3 heteroatoms. The summed E-state index contributed by atoms with van der Waals surface area (Å²) in [6, 6.07) is 0. The smallest absolute Gasteiger partial charge is 0.0555 e. The third kappa shape index (κ3) is 15.8. The lowest BCUT2D eigenvalue weighted by molar-refractivity contribution is 0.149. The van der Waals surface area contributed by atoms with E-state index >= 15 is 0 Å². The predicted molar refractivity (Wildman–Crippen MR) is 82.4 cm³/mol. The zero-order valence-corrected chi connectivity index (χ0v) is 12.9. The van der Waals surface area contributed by atoms with Crippen LogP contribution in [0.2, 0.25) is 0 Å². The van der Waals surface area contributed by atoms with Crippen molar-refractivity contribution in [2.24, 2.45) is 0 Å². The fraction of sp³-hybridized carbons (Fsp3) is 1.00. The Bertz CT molecular complexity index is 165. The molecule has 116 valence electrons. The van der Waals surface area contributed by atoms with Crippen molar-refractivity contribution in [3.8, 4) is 0 Å². The Kier molecular flexibility index (Phi) is 15.8. The number of hydrogen-bond donors (Lipinski definition) is 3. The Hall–Kier alpha value is -0.120. The van der Waals surface area contributed by atoms with Gasteiger partial charge in [0.15, 0.2) is 0 Å². The highest BCUT2D eigenvalue weighted by Crippen LogP contribution is 2.12. The van der Waals surface area contributed by atoms with Crippen LogP contribution in [-0.4, -0.2) is 36.0 Å². The number of hydrogen-bond acceptors (Lipinski definition) is 3. The van der Waals surface area contributed by atoms with Crippen LogP contribution < -0.4 is 5.32 Å². The molecular formula is C16H35NO2. The highest BCUT2D eigenvalue weighted by molar-refractivity contribution is 4.59. The first-order chi connectivity index (χ1) is 9.31. The number of nitrogens with one attached hydrogen (secondary N) is 1. The molecule has 0 saturated carbocycles. The van der Waals surface area contributed by atoms with Crippen molar-refractivity contribution >= 4 is 0 Å². The van der Waals surface area contributed by atoms with E-state index in [4.69, 9.17) is 5.11 Å². The summed E-state index contributed by atoms with van der Waals surface area (Å²) >= 11 is 0. The molecule has 0 aliphatic heterocycles. The monoisotopic (exact) mass is 273 g/mol. The van der Waals surface area contributed by atoms with E-state index in [1.165, 1.54) is 51.4 Å². The van der Waals surface area contributed by atoms with Gasteiger partial charge in [0.1, 0.15) is 0 Å². The summed E-state index contributed by atoms with van der Waals surface area (Å²) in [5.74, 6) is 0. The molecule has 0 aliphatic rings. The fourth-order valence-corrected chi connectivity index (χ4v) is 2.31. The van der Waals surface area contributed by atoms with Crippen LogP contribution in [0.5, 0.6) is 0 Å². The molecular weight excluding hydrogens is 238 g/mol. The normalized spacial score (nSPS) is 12.8. The standard InChI is InChI=1S/C16H35NO2/c1-2-3-4-5-6-7-8-9-10-11-16(19)12-13-17-14-15-18/h16-19H,2-15H2,1H3. The summed E-state index contributed by atoms with van der Waals surface area (Å²) in [5, 5.41) is 21.4. The van der Waals surface area contributed by atoms with Crippen molar-refractivity contribution in [2.75, 3.05) is 19.7 Å². The lowest BCUT2D eigenvalue weighted by Crippen LogP contribution is -2.23. The number of aliphatic hydroxyl groups excluding tert-OH is 2. The molecule has 0 aromatic heterocycles. The molecule has 0 amide bonds. The molecule has 0 saturated heterocycles. The van der Waals surface area contributed by atoms with Gasteiger partial charge in [0.25, 0.3) is 0 Å². The second-order valence-corrected chi connectivity index (χ2v) is 5.53. The Morgan fingerprint density at radius 1 is 0.789 bits per heavy atom. The summed E-state index contributed by atoms with van der Waals surface area (Å²) in [4.78, 5) is 0. The van der Waals surface area contributed by atoms with Gasteiger partial charge in [-0.05, 0) is 19.4 Å². The van der Waals surface area contributed by atoms with E-state index in [9.17, 15) is 5.11 Å². The first-order valence-electron chi connectivity index (χ1n) is 8.31. The molecule has 1 unspecified atom stereocenters. The van der Waals surface area contributed by atoms with Crippen LogP contribution in [0, 0.1) is 0 Å². The van der Waals surface area contributed by atoms with Gasteiger partial charge in [0.05, 0.1) is 12.7 Å². The highest BCUT2D eigenvalue weighted by atomic mass is 16.3. The van der Waals surface area contributed by atoms with Crippen LogP contribution in [-0.2, 0) is 0 Å². The fourth-order valence-electron chi connectivity index (χ4n) is 2.31. The predicted octanol–water partition coefficient (Wildman–Crippen LogP) is 3.24. The number of unbranched alkanes of at least 4 members (excludes halogenated alkanes) is 8. The third-order valence-corrected chi connectivity index (χ3v) is 3.58. The zero-order valence-electron chi connectivity index (χ0n) is 12.9. The Morgan fingerprint density at radius 2 is 1.37 bits per heavy atom. The average Bonchev–Trinajstić information content (AvgIpc) is 2.42.